The standard InChI is InChI=1S/C18H21FN2O2/c19-16-6-4-15(5-7-16)17(21-9-2-1-3-10-21)18(22)20-12-14-8-11-23-13-14/h4-8,11,13,17H,1-3,9-10,12H2,(H,20,22). The van der Waals surface area contributed by atoms with Crippen LogP contribution in [0.2, 0.25) is 0 Å². The summed E-state index contributed by atoms with van der Waals surface area (Å²) in [6.07, 6.45) is 6.58. The van der Waals surface area contributed by atoms with Gasteiger partial charge in [-0.3, -0.25) is 9.69 Å². The summed E-state index contributed by atoms with van der Waals surface area (Å²) in [6.45, 7) is 2.21. The van der Waals surface area contributed by atoms with E-state index in [1.807, 2.05) is 6.07 Å². The molecule has 1 fully saturated rings. The van der Waals surface area contributed by atoms with Gasteiger partial charge in [-0.15, -0.1) is 0 Å². The number of furan rings is 1. The molecule has 0 aliphatic carbocycles. The molecule has 2 heterocycles. The highest BCUT2D eigenvalue weighted by atomic mass is 19.1. The van der Waals surface area contributed by atoms with Crippen molar-refractivity contribution in [1.29, 1.82) is 0 Å². The predicted molar refractivity (Wildman–Crippen MR) is 85.1 cm³/mol. The highest BCUT2D eigenvalue weighted by Crippen LogP contribution is 2.25. The van der Waals surface area contributed by atoms with E-state index in [0.717, 1.165) is 37.1 Å². The molecule has 0 bridgehead atoms. The lowest BCUT2D eigenvalue weighted by molar-refractivity contribution is -0.127. The zero-order chi connectivity index (χ0) is 16.1. The zero-order valence-corrected chi connectivity index (χ0v) is 13.0. The van der Waals surface area contributed by atoms with Gasteiger partial charge < -0.3 is 9.73 Å². The van der Waals surface area contributed by atoms with Gasteiger partial charge in [0.05, 0.1) is 12.5 Å². The lowest BCUT2D eigenvalue weighted by atomic mass is 10.0. The molecule has 0 radical (unpaired) electrons. The molecule has 1 N–H and O–H groups in total. The largest absolute Gasteiger partial charge is 0.472 e. The van der Waals surface area contributed by atoms with E-state index in [2.05, 4.69) is 10.2 Å². The van der Waals surface area contributed by atoms with E-state index in [0.29, 0.717) is 6.54 Å². The monoisotopic (exact) mass is 316 g/mol. The number of nitrogens with zero attached hydrogens (tertiary/aromatic N) is 1. The van der Waals surface area contributed by atoms with Crippen molar-refractivity contribution in [2.45, 2.75) is 31.8 Å². The number of hydrogen-bond acceptors (Lipinski definition) is 3. The van der Waals surface area contributed by atoms with Gasteiger partial charge in [-0.2, -0.15) is 0 Å². The average Bonchev–Trinajstić information content (AvgIpc) is 3.09. The number of hydrogen-bond donors (Lipinski definition) is 1. The predicted octanol–water partition coefficient (Wildman–Crippen LogP) is 3.26. The Balaban J connectivity index is 1.75. The Morgan fingerprint density at radius 2 is 1.91 bits per heavy atom. The SMILES string of the molecule is O=C(NCc1ccoc1)C(c1ccc(F)cc1)N1CCCCC1. The van der Waals surface area contributed by atoms with Crippen molar-refractivity contribution >= 4 is 5.91 Å². The fourth-order valence-corrected chi connectivity index (χ4v) is 3.03. The number of carbonyl (C=O) groups is 1. The molecular weight excluding hydrogens is 295 g/mol. The molecule has 2 aromatic rings. The molecule has 23 heavy (non-hydrogen) atoms. The molecule has 122 valence electrons. The highest BCUT2D eigenvalue weighted by Gasteiger charge is 2.28. The Morgan fingerprint density at radius 1 is 1.17 bits per heavy atom. The van der Waals surface area contributed by atoms with Crippen LogP contribution in [0.3, 0.4) is 0 Å². The molecule has 1 saturated heterocycles. The van der Waals surface area contributed by atoms with Crippen LogP contribution in [-0.4, -0.2) is 23.9 Å². The summed E-state index contributed by atoms with van der Waals surface area (Å²) in [5, 5.41) is 2.96. The van der Waals surface area contributed by atoms with Gasteiger partial charge in [0.25, 0.3) is 0 Å². The van der Waals surface area contributed by atoms with Gasteiger partial charge in [-0.25, -0.2) is 4.39 Å². The number of piperidine rings is 1. The number of benzene rings is 1. The third-order valence-electron chi connectivity index (χ3n) is 4.24. The van der Waals surface area contributed by atoms with Crippen LogP contribution in [0.15, 0.2) is 47.3 Å². The molecule has 1 aliphatic heterocycles. The molecule has 4 nitrogen and oxygen atoms in total. The van der Waals surface area contributed by atoms with Gasteiger partial charge >= 0.3 is 0 Å². The number of nitrogens with one attached hydrogen (secondary N) is 1. The molecule has 1 unspecified atom stereocenters. The number of likely N-dealkylation sites (tertiary alicyclic amines) is 1. The fraction of sp³-hybridized carbons (Fsp3) is 0.389. The van der Waals surface area contributed by atoms with E-state index in [4.69, 9.17) is 4.42 Å². The van der Waals surface area contributed by atoms with Crippen LogP contribution >= 0.6 is 0 Å². The minimum Gasteiger partial charge on any atom is -0.472 e. The van der Waals surface area contributed by atoms with Crippen LogP contribution in [0.5, 0.6) is 0 Å². The number of carbonyl (C=O) groups excluding carboxylic acids is 1. The molecule has 1 aromatic carbocycles. The molecule has 1 aromatic heterocycles. The Morgan fingerprint density at radius 3 is 2.57 bits per heavy atom. The van der Waals surface area contributed by atoms with Crippen LogP contribution in [0.1, 0.15) is 36.4 Å². The number of rotatable bonds is 5. The van der Waals surface area contributed by atoms with Gasteiger partial charge in [0.2, 0.25) is 5.91 Å². The van der Waals surface area contributed by atoms with E-state index in [-0.39, 0.29) is 17.8 Å². The first kappa shape index (κ1) is 15.7. The lowest BCUT2D eigenvalue weighted by Gasteiger charge is -2.33. The Labute approximate surface area is 135 Å². The van der Waals surface area contributed by atoms with Crippen molar-refractivity contribution in [2.24, 2.45) is 0 Å². The van der Waals surface area contributed by atoms with E-state index >= 15 is 0 Å². The minimum absolute atomic E-state index is 0.0558. The number of amides is 1. The average molecular weight is 316 g/mol. The van der Waals surface area contributed by atoms with Gasteiger partial charge in [0.15, 0.2) is 0 Å². The van der Waals surface area contributed by atoms with E-state index in [9.17, 15) is 9.18 Å². The van der Waals surface area contributed by atoms with Crippen LogP contribution < -0.4 is 5.32 Å². The van der Waals surface area contributed by atoms with Gasteiger partial charge in [-0.1, -0.05) is 18.6 Å². The van der Waals surface area contributed by atoms with Gasteiger partial charge in [-0.05, 0) is 49.7 Å². The Kier molecular flexibility index (Phi) is 5.08. The van der Waals surface area contributed by atoms with E-state index in [1.165, 1.54) is 18.6 Å². The van der Waals surface area contributed by atoms with Crippen molar-refractivity contribution in [3.05, 3.63) is 59.8 Å². The maximum atomic E-state index is 13.2. The van der Waals surface area contributed by atoms with Crippen molar-refractivity contribution in [3.8, 4) is 0 Å². The Hall–Kier alpha value is -2.14. The zero-order valence-electron chi connectivity index (χ0n) is 13.0. The maximum Gasteiger partial charge on any atom is 0.242 e. The number of halogens is 1. The first-order valence-electron chi connectivity index (χ1n) is 8.02. The molecule has 0 spiro atoms. The summed E-state index contributed by atoms with van der Waals surface area (Å²) in [4.78, 5) is 14.9. The third kappa shape index (κ3) is 3.99. The van der Waals surface area contributed by atoms with Gasteiger partial charge in [0.1, 0.15) is 11.9 Å². The second-order valence-electron chi connectivity index (χ2n) is 5.90. The Bertz CT molecular complexity index is 619. The summed E-state index contributed by atoms with van der Waals surface area (Å²) in [5.41, 5.74) is 1.76. The van der Waals surface area contributed by atoms with Crippen molar-refractivity contribution in [2.75, 3.05) is 13.1 Å². The van der Waals surface area contributed by atoms with Crippen LogP contribution in [0, 0.1) is 5.82 Å². The summed E-state index contributed by atoms with van der Waals surface area (Å²) in [5.74, 6) is -0.343. The summed E-state index contributed by atoms with van der Waals surface area (Å²) < 4.78 is 18.2. The molecular formula is C18H21FN2O2. The molecule has 0 saturated carbocycles. The summed E-state index contributed by atoms with van der Waals surface area (Å²) in [6, 6.07) is 7.68. The van der Waals surface area contributed by atoms with Crippen LogP contribution in [-0.2, 0) is 11.3 Å². The minimum atomic E-state index is -0.372. The van der Waals surface area contributed by atoms with Crippen LogP contribution in [0.4, 0.5) is 4.39 Å². The second-order valence-corrected chi connectivity index (χ2v) is 5.90. The van der Waals surface area contributed by atoms with E-state index < -0.39 is 0 Å². The first-order valence-corrected chi connectivity index (χ1v) is 8.02. The topological polar surface area (TPSA) is 45.5 Å². The van der Waals surface area contributed by atoms with Crippen molar-refractivity contribution < 1.29 is 13.6 Å². The smallest absolute Gasteiger partial charge is 0.242 e. The molecule has 1 amide bonds. The quantitative estimate of drug-likeness (QED) is 0.921. The van der Waals surface area contributed by atoms with Gasteiger partial charge in [0, 0.05) is 12.1 Å². The molecule has 1 aliphatic rings. The van der Waals surface area contributed by atoms with Crippen molar-refractivity contribution in [3.63, 3.8) is 0 Å². The van der Waals surface area contributed by atoms with Crippen LogP contribution in [0.25, 0.3) is 0 Å². The maximum absolute atomic E-state index is 13.2. The summed E-state index contributed by atoms with van der Waals surface area (Å²) in [7, 11) is 0. The third-order valence-corrected chi connectivity index (χ3v) is 4.24. The highest BCUT2D eigenvalue weighted by molar-refractivity contribution is 5.83. The molecule has 3 rings (SSSR count). The normalized spacial score (nSPS) is 16.9. The lowest BCUT2D eigenvalue weighted by Crippen LogP contribution is -2.42. The van der Waals surface area contributed by atoms with Crippen molar-refractivity contribution in [1.82, 2.24) is 10.2 Å². The van der Waals surface area contributed by atoms with E-state index in [1.54, 1.807) is 24.7 Å². The fourth-order valence-electron chi connectivity index (χ4n) is 3.03. The first-order chi connectivity index (χ1) is 11.2. The summed E-state index contributed by atoms with van der Waals surface area (Å²) >= 11 is 0. The molecule has 5 heteroatoms. The second kappa shape index (κ2) is 7.42. The molecule has 1 atom stereocenters.